The van der Waals surface area contributed by atoms with Crippen molar-refractivity contribution < 1.29 is 0 Å². The lowest BCUT2D eigenvalue weighted by atomic mass is 9.92. The summed E-state index contributed by atoms with van der Waals surface area (Å²) in [6.07, 6.45) is 8.18. The lowest BCUT2D eigenvalue weighted by Crippen LogP contribution is -2.27. The molecule has 98 valence electrons. The fourth-order valence-electron chi connectivity index (χ4n) is 3.06. The Morgan fingerprint density at radius 1 is 1.33 bits per heavy atom. The van der Waals surface area contributed by atoms with Gasteiger partial charge in [-0.1, -0.05) is 6.92 Å². The zero-order valence-corrected chi connectivity index (χ0v) is 11.2. The van der Waals surface area contributed by atoms with Crippen LogP contribution in [0.1, 0.15) is 49.9 Å². The van der Waals surface area contributed by atoms with Crippen LogP contribution in [0.4, 0.5) is 5.95 Å². The molecule has 1 aromatic heterocycles. The van der Waals surface area contributed by atoms with Gasteiger partial charge in [0.15, 0.2) is 0 Å². The van der Waals surface area contributed by atoms with E-state index in [1.165, 1.54) is 36.9 Å². The van der Waals surface area contributed by atoms with Crippen LogP contribution < -0.4 is 10.2 Å². The Morgan fingerprint density at radius 3 is 2.94 bits per heavy atom. The number of hydrogen-bond donors (Lipinski definition) is 1. The van der Waals surface area contributed by atoms with Crippen LogP contribution in [0, 0.1) is 0 Å². The first kappa shape index (κ1) is 11.9. The van der Waals surface area contributed by atoms with Crippen LogP contribution in [-0.4, -0.2) is 29.6 Å². The molecule has 0 amide bonds. The molecule has 1 N–H and O–H groups in total. The molecule has 18 heavy (non-hydrogen) atoms. The Balaban J connectivity index is 1.85. The summed E-state index contributed by atoms with van der Waals surface area (Å²) in [7, 11) is 0. The first-order valence-electron chi connectivity index (χ1n) is 7.22. The zero-order valence-electron chi connectivity index (χ0n) is 11.2. The Labute approximate surface area is 109 Å². The summed E-state index contributed by atoms with van der Waals surface area (Å²) in [5.41, 5.74) is 2.59. The normalized spacial score (nSPS) is 23.2. The molecule has 0 spiro atoms. The maximum absolute atomic E-state index is 4.80. The summed E-state index contributed by atoms with van der Waals surface area (Å²) in [6.45, 7) is 5.41. The van der Waals surface area contributed by atoms with Crippen molar-refractivity contribution in [1.29, 1.82) is 0 Å². The van der Waals surface area contributed by atoms with Gasteiger partial charge in [-0.3, -0.25) is 0 Å². The van der Waals surface area contributed by atoms with E-state index in [4.69, 9.17) is 4.98 Å². The van der Waals surface area contributed by atoms with Crippen LogP contribution >= 0.6 is 0 Å². The second kappa shape index (κ2) is 5.22. The highest BCUT2D eigenvalue weighted by atomic mass is 15.3. The molecular weight excluding hydrogens is 224 g/mol. The molecule has 0 bridgehead atoms. The summed E-state index contributed by atoms with van der Waals surface area (Å²) in [4.78, 5) is 11.7. The predicted molar refractivity (Wildman–Crippen MR) is 72.8 cm³/mol. The van der Waals surface area contributed by atoms with Gasteiger partial charge >= 0.3 is 0 Å². The Kier molecular flexibility index (Phi) is 3.46. The lowest BCUT2D eigenvalue weighted by molar-refractivity contribution is 0.464. The van der Waals surface area contributed by atoms with Gasteiger partial charge in [-0.05, 0) is 38.6 Å². The minimum Gasteiger partial charge on any atom is -0.341 e. The minimum atomic E-state index is 0.464. The molecule has 2 aliphatic rings. The monoisotopic (exact) mass is 246 g/mol. The van der Waals surface area contributed by atoms with E-state index in [1.807, 2.05) is 0 Å². The fourth-order valence-corrected chi connectivity index (χ4v) is 3.06. The van der Waals surface area contributed by atoms with Gasteiger partial charge in [-0.2, -0.15) is 0 Å². The standard InChI is InChI=1S/C14H22N4/c1-2-15-12-6-5-7-13-11(12)10-16-14(17-13)18-8-3-4-9-18/h10,12,15H,2-9H2,1H3. The van der Waals surface area contributed by atoms with Crippen molar-refractivity contribution >= 4 is 5.95 Å². The number of rotatable bonds is 3. The molecule has 2 heterocycles. The molecule has 4 nitrogen and oxygen atoms in total. The maximum atomic E-state index is 4.80. The first-order chi connectivity index (χ1) is 8.88. The van der Waals surface area contributed by atoms with E-state index in [0.717, 1.165) is 32.0 Å². The van der Waals surface area contributed by atoms with Crippen molar-refractivity contribution in [2.45, 2.75) is 45.1 Å². The third-order valence-electron chi connectivity index (χ3n) is 4.01. The van der Waals surface area contributed by atoms with Crippen molar-refractivity contribution in [2.24, 2.45) is 0 Å². The van der Waals surface area contributed by atoms with E-state index in [2.05, 4.69) is 28.3 Å². The molecule has 3 rings (SSSR count). The number of hydrogen-bond acceptors (Lipinski definition) is 4. The van der Waals surface area contributed by atoms with Gasteiger partial charge in [0.25, 0.3) is 0 Å². The van der Waals surface area contributed by atoms with Crippen molar-refractivity contribution in [1.82, 2.24) is 15.3 Å². The summed E-state index contributed by atoms with van der Waals surface area (Å²) in [6, 6.07) is 0.464. The van der Waals surface area contributed by atoms with Gasteiger partial charge < -0.3 is 10.2 Å². The van der Waals surface area contributed by atoms with Crippen molar-refractivity contribution in [3.05, 3.63) is 17.5 Å². The smallest absolute Gasteiger partial charge is 0.225 e. The number of aromatic nitrogens is 2. The topological polar surface area (TPSA) is 41.1 Å². The number of fused-ring (bicyclic) bond motifs is 1. The molecule has 0 radical (unpaired) electrons. The van der Waals surface area contributed by atoms with Crippen LogP contribution in [0.15, 0.2) is 6.20 Å². The van der Waals surface area contributed by atoms with E-state index in [9.17, 15) is 0 Å². The second-order valence-electron chi connectivity index (χ2n) is 5.27. The molecule has 1 unspecified atom stereocenters. The lowest BCUT2D eigenvalue weighted by Gasteiger charge is -2.26. The molecular formula is C14H22N4. The first-order valence-corrected chi connectivity index (χ1v) is 7.22. The van der Waals surface area contributed by atoms with Crippen LogP contribution in [-0.2, 0) is 6.42 Å². The third kappa shape index (κ3) is 2.21. The summed E-state index contributed by atoms with van der Waals surface area (Å²) < 4.78 is 0. The van der Waals surface area contributed by atoms with E-state index in [0.29, 0.717) is 6.04 Å². The van der Waals surface area contributed by atoms with Crippen molar-refractivity contribution in [2.75, 3.05) is 24.5 Å². The van der Waals surface area contributed by atoms with Crippen LogP contribution in [0.2, 0.25) is 0 Å². The molecule has 1 atom stereocenters. The predicted octanol–water partition coefficient (Wildman–Crippen LogP) is 2.06. The van der Waals surface area contributed by atoms with Crippen LogP contribution in [0.25, 0.3) is 0 Å². The molecule has 1 aliphatic carbocycles. The van der Waals surface area contributed by atoms with Crippen molar-refractivity contribution in [3.63, 3.8) is 0 Å². The van der Waals surface area contributed by atoms with E-state index >= 15 is 0 Å². The van der Waals surface area contributed by atoms with Gasteiger partial charge in [0, 0.05) is 30.9 Å². The van der Waals surface area contributed by atoms with Crippen LogP contribution in [0.5, 0.6) is 0 Å². The number of nitrogens with one attached hydrogen (secondary N) is 1. The van der Waals surface area contributed by atoms with Gasteiger partial charge in [0.2, 0.25) is 5.95 Å². The third-order valence-corrected chi connectivity index (χ3v) is 4.01. The molecule has 1 aromatic rings. The van der Waals surface area contributed by atoms with Gasteiger partial charge in [-0.25, -0.2) is 9.97 Å². The highest BCUT2D eigenvalue weighted by Crippen LogP contribution is 2.29. The zero-order chi connectivity index (χ0) is 12.4. The SMILES string of the molecule is CCNC1CCCc2nc(N3CCCC3)ncc21. The summed E-state index contributed by atoms with van der Waals surface area (Å²) in [5.74, 6) is 0.948. The molecule has 1 fully saturated rings. The largest absolute Gasteiger partial charge is 0.341 e. The highest BCUT2D eigenvalue weighted by molar-refractivity contribution is 5.36. The molecule has 1 saturated heterocycles. The number of aryl methyl sites for hydroxylation is 1. The Bertz CT molecular complexity index is 412. The van der Waals surface area contributed by atoms with Crippen molar-refractivity contribution in [3.8, 4) is 0 Å². The minimum absolute atomic E-state index is 0.464. The summed E-state index contributed by atoms with van der Waals surface area (Å²) >= 11 is 0. The second-order valence-corrected chi connectivity index (χ2v) is 5.27. The average molecular weight is 246 g/mol. The number of nitrogens with zero attached hydrogens (tertiary/aromatic N) is 3. The summed E-state index contributed by atoms with van der Waals surface area (Å²) in [5, 5.41) is 3.54. The Morgan fingerprint density at radius 2 is 2.17 bits per heavy atom. The van der Waals surface area contributed by atoms with E-state index < -0.39 is 0 Å². The van der Waals surface area contributed by atoms with E-state index in [1.54, 1.807) is 0 Å². The average Bonchev–Trinajstić information content (AvgIpc) is 2.93. The highest BCUT2D eigenvalue weighted by Gasteiger charge is 2.23. The Hall–Kier alpha value is -1.16. The van der Waals surface area contributed by atoms with Gasteiger partial charge in [-0.15, -0.1) is 0 Å². The molecule has 4 heteroatoms. The molecule has 0 saturated carbocycles. The quantitative estimate of drug-likeness (QED) is 0.886. The van der Waals surface area contributed by atoms with E-state index in [-0.39, 0.29) is 0 Å². The number of anilines is 1. The fraction of sp³-hybridized carbons (Fsp3) is 0.714. The van der Waals surface area contributed by atoms with Crippen LogP contribution in [0.3, 0.4) is 0 Å². The van der Waals surface area contributed by atoms with Gasteiger partial charge in [0.05, 0.1) is 5.69 Å². The molecule has 0 aromatic carbocycles. The molecule has 1 aliphatic heterocycles. The van der Waals surface area contributed by atoms with Gasteiger partial charge in [0.1, 0.15) is 0 Å². The maximum Gasteiger partial charge on any atom is 0.225 e.